The minimum Gasteiger partial charge on any atom is -0.481 e. The van der Waals surface area contributed by atoms with E-state index in [1.807, 2.05) is 0 Å². The number of hydrogen-bond donors (Lipinski definition) is 5. The number of carboxylic acids is 2. The summed E-state index contributed by atoms with van der Waals surface area (Å²) in [6.45, 7) is 7.41. The van der Waals surface area contributed by atoms with Crippen LogP contribution in [0.3, 0.4) is 0 Å². The standard InChI is InChI=1S/C20H34N4O7/c1-10(2)15(21)18(28)23-16(11(3)4)19(29)24-9-5-6-13(24)17(27)22-12(20(30)31)7-8-14(25)26/h10-13,15-16H,5-9,21H2,1-4H3,(H,22,27)(H,23,28)(H,25,26)(H,30,31). The Morgan fingerprint density at radius 1 is 1.03 bits per heavy atom. The van der Waals surface area contributed by atoms with Gasteiger partial charge in [-0.05, 0) is 31.1 Å². The molecule has 11 heteroatoms. The molecule has 6 N–H and O–H groups in total. The van der Waals surface area contributed by atoms with Gasteiger partial charge in [0, 0.05) is 13.0 Å². The largest absolute Gasteiger partial charge is 0.481 e. The number of carbonyl (C=O) groups is 5. The molecule has 1 aliphatic heterocycles. The summed E-state index contributed by atoms with van der Waals surface area (Å²) in [5.74, 6) is -4.45. The highest BCUT2D eigenvalue weighted by Crippen LogP contribution is 2.21. The van der Waals surface area contributed by atoms with Crippen molar-refractivity contribution in [3.8, 4) is 0 Å². The quantitative estimate of drug-likeness (QED) is 0.285. The van der Waals surface area contributed by atoms with Crippen molar-refractivity contribution in [2.45, 2.75) is 77.5 Å². The molecule has 0 aromatic heterocycles. The lowest BCUT2D eigenvalue weighted by Gasteiger charge is -2.31. The Hall–Kier alpha value is -2.69. The van der Waals surface area contributed by atoms with Crippen molar-refractivity contribution in [3.63, 3.8) is 0 Å². The fourth-order valence-corrected chi connectivity index (χ4v) is 3.34. The zero-order chi connectivity index (χ0) is 23.9. The summed E-state index contributed by atoms with van der Waals surface area (Å²) in [5.41, 5.74) is 5.87. The van der Waals surface area contributed by atoms with E-state index in [1.165, 1.54) is 4.90 Å². The SMILES string of the molecule is CC(C)C(N)C(=O)NC(C(=O)N1CCCC1C(=O)NC(CCC(=O)O)C(=O)O)C(C)C. The van der Waals surface area contributed by atoms with E-state index in [9.17, 15) is 29.1 Å². The number of carbonyl (C=O) groups excluding carboxylic acids is 3. The number of amides is 3. The lowest BCUT2D eigenvalue weighted by atomic mass is 9.99. The molecule has 0 saturated carbocycles. The molecule has 1 rings (SSSR count). The molecule has 0 radical (unpaired) electrons. The van der Waals surface area contributed by atoms with Gasteiger partial charge in [-0.1, -0.05) is 27.7 Å². The Morgan fingerprint density at radius 3 is 2.13 bits per heavy atom. The lowest BCUT2D eigenvalue weighted by Crippen LogP contribution is -2.58. The van der Waals surface area contributed by atoms with Gasteiger partial charge in [0.15, 0.2) is 0 Å². The van der Waals surface area contributed by atoms with Gasteiger partial charge in [-0.3, -0.25) is 19.2 Å². The van der Waals surface area contributed by atoms with Crippen molar-refractivity contribution in [2.24, 2.45) is 17.6 Å². The zero-order valence-corrected chi connectivity index (χ0v) is 18.5. The maximum Gasteiger partial charge on any atom is 0.326 e. The van der Waals surface area contributed by atoms with Crippen LogP contribution in [-0.2, 0) is 24.0 Å². The highest BCUT2D eigenvalue weighted by molar-refractivity contribution is 5.94. The van der Waals surface area contributed by atoms with E-state index in [4.69, 9.17) is 10.8 Å². The van der Waals surface area contributed by atoms with Crippen molar-refractivity contribution >= 4 is 29.7 Å². The molecular weight excluding hydrogens is 408 g/mol. The Kier molecular flexibility index (Phi) is 9.89. The van der Waals surface area contributed by atoms with E-state index in [-0.39, 0.29) is 18.3 Å². The first-order chi connectivity index (χ1) is 14.4. The number of nitrogens with zero attached hydrogens (tertiary/aromatic N) is 1. The summed E-state index contributed by atoms with van der Waals surface area (Å²) in [7, 11) is 0. The first-order valence-electron chi connectivity index (χ1n) is 10.5. The van der Waals surface area contributed by atoms with Crippen LogP contribution >= 0.6 is 0 Å². The average molecular weight is 443 g/mol. The molecule has 0 bridgehead atoms. The Labute approximate surface area is 181 Å². The van der Waals surface area contributed by atoms with Crippen molar-refractivity contribution in [3.05, 3.63) is 0 Å². The van der Waals surface area contributed by atoms with Gasteiger partial charge in [0.25, 0.3) is 0 Å². The van der Waals surface area contributed by atoms with Crippen LogP contribution < -0.4 is 16.4 Å². The highest BCUT2D eigenvalue weighted by atomic mass is 16.4. The molecule has 176 valence electrons. The first kappa shape index (κ1) is 26.3. The van der Waals surface area contributed by atoms with Crippen LogP contribution in [0.1, 0.15) is 53.4 Å². The second-order valence-corrected chi connectivity index (χ2v) is 8.52. The van der Waals surface area contributed by atoms with Crippen LogP contribution in [0.5, 0.6) is 0 Å². The second kappa shape index (κ2) is 11.6. The molecule has 3 amide bonds. The van der Waals surface area contributed by atoms with E-state index >= 15 is 0 Å². The highest BCUT2D eigenvalue weighted by Gasteiger charge is 2.40. The van der Waals surface area contributed by atoms with Crippen LogP contribution in [0.25, 0.3) is 0 Å². The zero-order valence-electron chi connectivity index (χ0n) is 18.5. The van der Waals surface area contributed by atoms with Gasteiger partial charge in [-0.25, -0.2) is 4.79 Å². The van der Waals surface area contributed by atoms with Gasteiger partial charge < -0.3 is 31.5 Å². The van der Waals surface area contributed by atoms with E-state index in [2.05, 4.69) is 10.6 Å². The molecule has 0 spiro atoms. The molecule has 1 fully saturated rings. The summed E-state index contributed by atoms with van der Waals surface area (Å²) in [5, 5.41) is 23.0. The number of rotatable bonds is 11. The molecule has 1 aliphatic rings. The molecule has 0 aromatic carbocycles. The third-order valence-electron chi connectivity index (χ3n) is 5.35. The average Bonchev–Trinajstić information content (AvgIpc) is 3.16. The summed E-state index contributed by atoms with van der Waals surface area (Å²) in [6.07, 6.45) is 0.199. The van der Waals surface area contributed by atoms with E-state index in [1.54, 1.807) is 27.7 Å². The summed E-state index contributed by atoms with van der Waals surface area (Å²) in [6, 6.07) is -3.92. The molecule has 4 unspecified atom stereocenters. The lowest BCUT2D eigenvalue weighted by molar-refractivity contribution is -0.146. The van der Waals surface area contributed by atoms with Gasteiger partial charge in [0.2, 0.25) is 17.7 Å². The van der Waals surface area contributed by atoms with Crippen molar-refractivity contribution < 1.29 is 34.2 Å². The fraction of sp³-hybridized carbons (Fsp3) is 0.750. The molecule has 1 heterocycles. The monoisotopic (exact) mass is 442 g/mol. The minimum absolute atomic E-state index is 0.119. The van der Waals surface area contributed by atoms with Crippen molar-refractivity contribution in [1.82, 2.24) is 15.5 Å². The number of hydrogen-bond acceptors (Lipinski definition) is 6. The second-order valence-electron chi connectivity index (χ2n) is 8.52. The molecule has 0 aliphatic carbocycles. The number of nitrogens with one attached hydrogen (secondary N) is 2. The maximum absolute atomic E-state index is 13.2. The topological polar surface area (TPSA) is 179 Å². The number of nitrogens with two attached hydrogens (primary N) is 1. The Morgan fingerprint density at radius 2 is 1.65 bits per heavy atom. The van der Waals surface area contributed by atoms with Gasteiger partial charge in [-0.15, -0.1) is 0 Å². The maximum atomic E-state index is 13.2. The fourth-order valence-electron chi connectivity index (χ4n) is 3.34. The van der Waals surface area contributed by atoms with Crippen LogP contribution in [0.4, 0.5) is 0 Å². The number of carboxylic acid groups (broad SMARTS) is 2. The van der Waals surface area contributed by atoms with Crippen molar-refractivity contribution in [2.75, 3.05) is 6.54 Å². The smallest absolute Gasteiger partial charge is 0.326 e. The first-order valence-corrected chi connectivity index (χ1v) is 10.5. The van der Waals surface area contributed by atoms with Crippen LogP contribution in [0, 0.1) is 11.8 Å². The number of aliphatic carboxylic acids is 2. The number of likely N-dealkylation sites (tertiary alicyclic amines) is 1. The molecule has 4 atom stereocenters. The summed E-state index contributed by atoms with van der Waals surface area (Å²) in [4.78, 5) is 61.7. The summed E-state index contributed by atoms with van der Waals surface area (Å²) < 4.78 is 0. The molecule has 11 nitrogen and oxygen atoms in total. The van der Waals surface area contributed by atoms with Gasteiger partial charge in [-0.2, -0.15) is 0 Å². The normalized spacial score (nSPS) is 19.1. The molecule has 31 heavy (non-hydrogen) atoms. The van der Waals surface area contributed by atoms with E-state index in [0.29, 0.717) is 19.4 Å². The van der Waals surface area contributed by atoms with Crippen LogP contribution in [0.15, 0.2) is 0 Å². The van der Waals surface area contributed by atoms with Gasteiger partial charge >= 0.3 is 11.9 Å². The van der Waals surface area contributed by atoms with E-state index < -0.39 is 60.2 Å². The van der Waals surface area contributed by atoms with Crippen LogP contribution in [-0.4, -0.2) is 75.5 Å². The minimum atomic E-state index is -1.37. The third kappa shape index (κ3) is 7.50. The predicted molar refractivity (Wildman–Crippen MR) is 111 cm³/mol. The van der Waals surface area contributed by atoms with E-state index in [0.717, 1.165) is 0 Å². The van der Waals surface area contributed by atoms with Gasteiger partial charge in [0.1, 0.15) is 18.1 Å². The predicted octanol–water partition coefficient (Wildman–Crippen LogP) is -0.464. The Bertz CT molecular complexity index is 695. The van der Waals surface area contributed by atoms with Crippen molar-refractivity contribution in [1.29, 1.82) is 0 Å². The Balaban J connectivity index is 2.92. The third-order valence-corrected chi connectivity index (χ3v) is 5.35. The summed E-state index contributed by atoms with van der Waals surface area (Å²) >= 11 is 0. The van der Waals surface area contributed by atoms with Crippen LogP contribution in [0.2, 0.25) is 0 Å². The molecule has 0 aromatic rings. The van der Waals surface area contributed by atoms with Gasteiger partial charge in [0.05, 0.1) is 6.04 Å². The molecular formula is C20H34N4O7. The molecule has 1 saturated heterocycles.